The summed E-state index contributed by atoms with van der Waals surface area (Å²) in [5.41, 5.74) is 0.264. The van der Waals surface area contributed by atoms with Crippen molar-refractivity contribution in [1.29, 1.82) is 0 Å². The van der Waals surface area contributed by atoms with Crippen LogP contribution in [0.25, 0.3) is 0 Å². The third-order valence-corrected chi connectivity index (χ3v) is 3.82. The Labute approximate surface area is 138 Å². The van der Waals surface area contributed by atoms with Crippen molar-refractivity contribution in [3.63, 3.8) is 0 Å². The van der Waals surface area contributed by atoms with Crippen molar-refractivity contribution < 1.29 is 14.0 Å². The molecular formula is C17H17FN4O2. The fourth-order valence-electron chi connectivity index (χ4n) is 2.57. The van der Waals surface area contributed by atoms with Crippen molar-refractivity contribution in [2.75, 3.05) is 36.4 Å². The molecule has 0 atom stereocenters. The van der Waals surface area contributed by atoms with Crippen LogP contribution in [0.2, 0.25) is 0 Å². The molecule has 1 N–H and O–H groups in total. The highest BCUT2D eigenvalue weighted by Gasteiger charge is 2.26. The number of aromatic nitrogens is 1. The van der Waals surface area contributed by atoms with E-state index in [0.29, 0.717) is 26.2 Å². The summed E-state index contributed by atoms with van der Waals surface area (Å²) in [4.78, 5) is 32.1. The van der Waals surface area contributed by atoms with E-state index < -0.39 is 17.6 Å². The van der Waals surface area contributed by atoms with Gasteiger partial charge in [-0.1, -0.05) is 12.1 Å². The lowest BCUT2D eigenvalue weighted by Gasteiger charge is -2.34. The number of amides is 2. The monoisotopic (exact) mass is 328 g/mol. The second-order valence-corrected chi connectivity index (χ2v) is 5.43. The number of anilines is 2. The minimum absolute atomic E-state index is 0.264. The fourth-order valence-corrected chi connectivity index (χ4v) is 2.57. The summed E-state index contributed by atoms with van der Waals surface area (Å²) in [6, 6.07) is 11.1. The molecular weight excluding hydrogens is 311 g/mol. The number of carbonyl (C=O) groups is 2. The largest absolute Gasteiger partial charge is 0.353 e. The first-order valence-electron chi connectivity index (χ1n) is 7.65. The predicted octanol–water partition coefficient (Wildman–Crippen LogP) is 1.51. The lowest BCUT2D eigenvalue weighted by molar-refractivity contribution is -0.143. The topological polar surface area (TPSA) is 65.5 Å². The van der Waals surface area contributed by atoms with Crippen LogP contribution in [0, 0.1) is 5.82 Å². The Balaban J connectivity index is 1.56. The maximum Gasteiger partial charge on any atom is 0.313 e. The third kappa shape index (κ3) is 3.68. The Morgan fingerprint density at radius 2 is 1.83 bits per heavy atom. The van der Waals surface area contributed by atoms with Gasteiger partial charge in [-0.2, -0.15) is 0 Å². The van der Waals surface area contributed by atoms with E-state index in [0.717, 1.165) is 5.82 Å². The first-order chi connectivity index (χ1) is 11.6. The van der Waals surface area contributed by atoms with Gasteiger partial charge >= 0.3 is 11.8 Å². The highest BCUT2D eigenvalue weighted by atomic mass is 19.1. The van der Waals surface area contributed by atoms with Gasteiger partial charge in [-0.3, -0.25) is 9.59 Å². The number of carbonyl (C=O) groups excluding carboxylic acids is 2. The van der Waals surface area contributed by atoms with Gasteiger partial charge in [0.15, 0.2) is 0 Å². The average molecular weight is 328 g/mol. The number of benzene rings is 1. The van der Waals surface area contributed by atoms with Crippen LogP contribution in [0.4, 0.5) is 15.9 Å². The zero-order chi connectivity index (χ0) is 16.9. The molecule has 3 rings (SSSR count). The molecule has 6 nitrogen and oxygen atoms in total. The van der Waals surface area contributed by atoms with E-state index in [2.05, 4.69) is 15.2 Å². The number of hydrogen-bond donors (Lipinski definition) is 1. The summed E-state index contributed by atoms with van der Waals surface area (Å²) in [5.74, 6) is -0.982. The molecule has 1 aliphatic rings. The molecule has 124 valence electrons. The Hall–Kier alpha value is -2.96. The molecule has 1 saturated heterocycles. The zero-order valence-corrected chi connectivity index (χ0v) is 13.0. The molecule has 0 aliphatic carbocycles. The molecule has 1 fully saturated rings. The first-order valence-corrected chi connectivity index (χ1v) is 7.65. The zero-order valence-electron chi connectivity index (χ0n) is 13.0. The Kier molecular flexibility index (Phi) is 4.69. The molecule has 1 aromatic heterocycles. The van der Waals surface area contributed by atoms with Crippen LogP contribution in [-0.4, -0.2) is 47.9 Å². The number of halogens is 1. The number of pyridine rings is 1. The molecule has 1 aliphatic heterocycles. The Morgan fingerprint density at radius 1 is 1.04 bits per heavy atom. The van der Waals surface area contributed by atoms with Crippen molar-refractivity contribution in [1.82, 2.24) is 9.88 Å². The summed E-state index contributed by atoms with van der Waals surface area (Å²) in [6.07, 6.45) is 1.72. The van der Waals surface area contributed by atoms with Crippen LogP contribution in [0.1, 0.15) is 0 Å². The fraction of sp³-hybridized carbons (Fsp3) is 0.235. The van der Waals surface area contributed by atoms with Gasteiger partial charge < -0.3 is 15.1 Å². The molecule has 7 heteroatoms. The lowest BCUT2D eigenvalue weighted by Crippen LogP contribution is -2.51. The van der Waals surface area contributed by atoms with Gasteiger partial charge in [0.2, 0.25) is 0 Å². The van der Waals surface area contributed by atoms with Crippen LogP contribution in [-0.2, 0) is 9.59 Å². The summed E-state index contributed by atoms with van der Waals surface area (Å²) in [5, 5.41) is 2.43. The Morgan fingerprint density at radius 3 is 2.50 bits per heavy atom. The van der Waals surface area contributed by atoms with Gasteiger partial charge in [-0.15, -0.1) is 0 Å². The summed E-state index contributed by atoms with van der Waals surface area (Å²) >= 11 is 0. The number of nitrogens with zero attached hydrogens (tertiary/aromatic N) is 3. The maximum atomic E-state index is 13.1. The predicted molar refractivity (Wildman–Crippen MR) is 88.1 cm³/mol. The van der Waals surface area contributed by atoms with E-state index in [4.69, 9.17) is 0 Å². The molecule has 24 heavy (non-hydrogen) atoms. The van der Waals surface area contributed by atoms with Gasteiger partial charge in [0.05, 0.1) is 0 Å². The summed E-state index contributed by atoms with van der Waals surface area (Å²) < 4.78 is 13.1. The quantitative estimate of drug-likeness (QED) is 0.849. The first kappa shape index (κ1) is 15.9. The molecule has 0 spiro atoms. The normalized spacial score (nSPS) is 14.4. The van der Waals surface area contributed by atoms with Crippen LogP contribution in [0.15, 0.2) is 48.7 Å². The van der Waals surface area contributed by atoms with Crippen LogP contribution in [0.5, 0.6) is 0 Å². The highest BCUT2D eigenvalue weighted by Crippen LogP contribution is 2.13. The standard InChI is InChI=1S/C17H17FN4O2/c18-13-4-3-5-14(12-13)20-16(23)17(24)22-10-8-21(9-11-22)15-6-1-2-7-19-15/h1-7,12H,8-11H2,(H,20,23). The lowest BCUT2D eigenvalue weighted by atomic mass is 10.2. The van der Waals surface area contributed by atoms with E-state index in [1.807, 2.05) is 18.2 Å². The Bertz CT molecular complexity index is 730. The van der Waals surface area contributed by atoms with E-state index >= 15 is 0 Å². The second kappa shape index (κ2) is 7.08. The molecule has 0 unspecified atom stereocenters. The van der Waals surface area contributed by atoms with Gasteiger partial charge in [-0.25, -0.2) is 9.37 Å². The number of hydrogen-bond acceptors (Lipinski definition) is 4. The van der Waals surface area contributed by atoms with Gasteiger partial charge in [0.1, 0.15) is 11.6 Å². The SMILES string of the molecule is O=C(Nc1cccc(F)c1)C(=O)N1CCN(c2ccccn2)CC1. The second-order valence-electron chi connectivity index (χ2n) is 5.43. The molecule has 0 saturated carbocycles. The van der Waals surface area contributed by atoms with Gasteiger partial charge in [-0.05, 0) is 30.3 Å². The van der Waals surface area contributed by atoms with Gasteiger partial charge in [0, 0.05) is 38.1 Å². The number of rotatable bonds is 2. The molecule has 2 heterocycles. The van der Waals surface area contributed by atoms with E-state index in [1.54, 1.807) is 6.20 Å². The van der Waals surface area contributed by atoms with Gasteiger partial charge in [0.25, 0.3) is 0 Å². The van der Waals surface area contributed by atoms with Crippen LogP contribution >= 0.6 is 0 Å². The summed E-state index contributed by atoms with van der Waals surface area (Å²) in [7, 11) is 0. The number of nitrogens with one attached hydrogen (secondary N) is 1. The molecule has 2 amide bonds. The van der Waals surface area contributed by atoms with E-state index in [-0.39, 0.29) is 5.69 Å². The van der Waals surface area contributed by atoms with Crippen molar-refractivity contribution >= 4 is 23.3 Å². The van der Waals surface area contributed by atoms with E-state index in [9.17, 15) is 14.0 Å². The highest BCUT2D eigenvalue weighted by molar-refractivity contribution is 6.39. The van der Waals surface area contributed by atoms with Crippen molar-refractivity contribution in [2.24, 2.45) is 0 Å². The minimum Gasteiger partial charge on any atom is -0.353 e. The van der Waals surface area contributed by atoms with E-state index in [1.165, 1.54) is 29.2 Å². The van der Waals surface area contributed by atoms with Crippen LogP contribution < -0.4 is 10.2 Å². The molecule has 0 bridgehead atoms. The van der Waals surface area contributed by atoms with Crippen molar-refractivity contribution in [2.45, 2.75) is 0 Å². The minimum atomic E-state index is -0.758. The number of piperazine rings is 1. The summed E-state index contributed by atoms with van der Waals surface area (Å²) in [6.45, 7) is 2.09. The smallest absolute Gasteiger partial charge is 0.313 e. The average Bonchev–Trinajstić information content (AvgIpc) is 2.62. The van der Waals surface area contributed by atoms with Crippen molar-refractivity contribution in [3.05, 3.63) is 54.5 Å². The van der Waals surface area contributed by atoms with Crippen LogP contribution in [0.3, 0.4) is 0 Å². The molecule has 0 radical (unpaired) electrons. The maximum absolute atomic E-state index is 13.1. The molecule has 1 aromatic carbocycles. The third-order valence-electron chi connectivity index (χ3n) is 3.82. The molecule has 2 aromatic rings. The van der Waals surface area contributed by atoms with Crippen molar-refractivity contribution in [3.8, 4) is 0 Å².